The molecule has 0 unspecified atom stereocenters. The van der Waals surface area contributed by atoms with Crippen molar-refractivity contribution < 1.29 is 32.2 Å². The van der Waals surface area contributed by atoms with Gasteiger partial charge in [0, 0.05) is 17.9 Å². The maximum absolute atomic E-state index is 12.8. The minimum Gasteiger partial charge on any atom is -0.493 e. The van der Waals surface area contributed by atoms with E-state index < -0.39 is 17.7 Å². The number of nitrogens with zero attached hydrogens (tertiary/aromatic N) is 1. The summed E-state index contributed by atoms with van der Waals surface area (Å²) >= 11 is 0. The molecule has 1 atom stereocenters. The number of ether oxygens (including phenoxy) is 1. The second-order valence-electron chi connectivity index (χ2n) is 7.73. The van der Waals surface area contributed by atoms with E-state index >= 15 is 0 Å². The molecule has 3 aromatic rings. The fraction of sp³-hybridized carbons (Fsp3) is 0.333. The summed E-state index contributed by atoms with van der Waals surface area (Å²) in [6.45, 7) is 5.92. The number of rotatable bonds is 8. The Balaban J connectivity index is 1.66. The van der Waals surface area contributed by atoms with E-state index in [2.05, 4.69) is 4.98 Å². The predicted octanol–water partition coefficient (Wildman–Crippen LogP) is 6.18. The first-order valence-electron chi connectivity index (χ1n) is 10.1. The summed E-state index contributed by atoms with van der Waals surface area (Å²) in [4.78, 5) is 15.2. The SMILES string of the molecule is Cc1cc(OC[C@H](C)c2nc(-c3ccc(C(F)(F)F)cc3)oc2C)ccc1CCC(=O)O. The molecule has 170 valence electrons. The van der Waals surface area contributed by atoms with Gasteiger partial charge in [0.1, 0.15) is 11.5 Å². The van der Waals surface area contributed by atoms with Gasteiger partial charge in [-0.3, -0.25) is 4.79 Å². The molecular weight excluding hydrogens is 423 g/mol. The third-order valence-corrected chi connectivity index (χ3v) is 5.18. The number of hydrogen-bond donors (Lipinski definition) is 1. The average Bonchev–Trinajstić information content (AvgIpc) is 3.12. The van der Waals surface area contributed by atoms with E-state index in [0.717, 1.165) is 23.3 Å². The molecule has 0 saturated carbocycles. The monoisotopic (exact) mass is 447 g/mol. The van der Waals surface area contributed by atoms with Crippen LogP contribution in [0.3, 0.4) is 0 Å². The zero-order valence-electron chi connectivity index (χ0n) is 18.0. The standard InChI is InChI=1S/C24H24F3NO4/c1-14-12-20(10-6-17(14)7-11-21(29)30)31-13-15(2)22-16(3)32-23(28-22)18-4-8-19(9-5-18)24(25,26)27/h4-6,8-10,12,15H,7,11,13H2,1-3H3,(H,29,30)/t15-/m0/s1. The van der Waals surface area contributed by atoms with E-state index in [1.807, 2.05) is 26.0 Å². The van der Waals surface area contributed by atoms with Crippen molar-refractivity contribution in [2.24, 2.45) is 0 Å². The van der Waals surface area contributed by atoms with Crippen LogP contribution in [0.15, 0.2) is 46.9 Å². The first kappa shape index (κ1) is 23.4. The molecule has 8 heteroatoms. The van der Waals surface area contributed by atoms with Gasteiger partial charge in [0.15, 0.2) is 0 Å². The fourth-order valence-electron chi connectivity index (χ4n) is 3.37. The number of alkyl halides is 3. The summed E-state index contributed by atoms with van der Waals surface area (Å²) in [7, 11) is 0. The number of carboxylic acid groups (broad SMARTS) is 1. The highest BCUT2D eigenvalue weighted by molar-refractivity contribution is 5.67. The molecule has 1 aromatic heterocycles. The predicted molar refractivity (Wildman–Crippen MR) is 113 cm³/mol. The average molecular weight is 447 g/mol. The molecule has 0 fully saturated rings. The topological polar surface area (TPSA) is 72.6 Å². The van der Waals surface area contributed by atoms with Crippen molar-refractivity contribution in [1.82, 2.24) is 4.98 Å². The van der Waals surface area contributed by atoms with E-state index in [0.29, 0.717) is 35.8 Å². The molecule has 0 radical (unpaired) electrons. The van der Waals surface area contributed by atoms with Gasteiger partial charge in [0.25, 0.3) is 0 Å². The van der Waals surface area contributed by atoms with Gasteiger partial charge in [-0.15, -0.1) is 0 Å². The van der Waals surface area contributed by atoms with Crippen LogP contribution in [0.25, 0.3) is 11.5 Å². The summed E-state index contributed by atoms with van der Waals surface area (Å²) < 4.78 is 49.9. The molecule has 0 spiro atoms. The number of aromatic nitrogens is 1. The molecule has 2 aromatic carbocycles. The number of oxazole rings is 1. The minimum atomic E-state index is -4.39. The number of aryl methyl sites for hydroxylation is 3. The minimum absolute atomic E-state index is 0.0742. The van der Waals surface area contributed by atoms with Crippen LogP contribution >= 0.6 is 0 Å². The molecule has 0 saturated heterocycles. The largest absolute Gasteiger partial charge is 0.493 e. The van der Waals surface area contributed by atoms with Gasteiger partial charge in [0.05, 0.1) is 17.9 Å². The molecule has 5 nitrogen and oxygen atoms in total. The van der Waals surface area contributed by atoms with Crippen molar-refractivity contribution in [2.45, 2.75) is 45.7 Å². The van der Waals surface area contributed by atoms with Crippen molar-refractivity contribution in [3.8, 4) is 17.2 Å². The maximum Gasteiger partial charge on any atom is 0.416 e. The van der Waals surface area contributed by atoms with Gasteiger partial charge in [-0.25, -0.2) is 4.98 Å². The molecule has 3 rings (SSSR count). The lowest BCUT2D eigenvalue weighted by molar-refractivity contribution is -0.138. The first-order valence-corrected chi connectivity index (χ1v) is 10.1. The highest BCUT2D eigenvalue weighted by Gasteiger charge is 2.30. The summed E-state index contributed by atoms with van der Waals surface area (Å²) in [5.41, 5.74) is 2.33. The molecule has 1 heterocycles. The number of carboxylic acids is 1. The van der Waals surface area contributed by atoms with Crippen LogP contribution in [-0.4, -0.2) is 22.7 Å². The Kier molecular flexibility index (Phi) is 6.91. The van der Waals surface area contributed by atoms with Crippen LogP contribution in [0.4, 0.5) is 13.2 Å². The lowest BCUT2D eigenvalue weighted by Gasteiger charge is -2.13. The van der Waals surface area contributed by atoms with E-state index in [9.17, 15) is 18.0 Å². The van der Waals surface area contributed by atoms with Crippen LogP contribution in [-0.2, 0) is 17.4 Å². The number of aliphatic carboxylic acids is 1. The molecule has 0 amide bonds. The Morgan fingerprint density at radius 1 is 1.16 bits per heavy atom. The van der Waals surface area contributed by atoms with Crippen LogP contribution in [0.5, 0.6) is 5.75 Å². The zero-order chi connectivity index (χ0) is 23.5. The third kappa shape index (κ3) is 5.69. The molecule has 32 heavy (non-hydrogen) atoms. The lowest BCUT2D eigenvalue weighted by Crippen LogP contribution is -2.09. The zero-order valence-corrected chi connectivity index (χ0v) is 18.0. The van der Waals surface area contributed by atoms with Crippen molar-refractivity contribution in [2.75, 3.05) is 6.61 Å². The second-order valence-corrected chi connectivity index (χ2v) is 7.73. The quantitative estimate of drug-likeness (QED) is 0.447. The van der Waals surface area contributed by atoms with Gasteiger partial charge < -0.3 is 14.3 Å². The van der Waals surface area contributed by atoms with Gasteiger partial charge in [-0.2, -0.15) is 13.2 Å². The van der Waals surface area contributed by atoms with E-state index in [1.165, 1.54) is 12.1 Å². The normalized spacial score (nSPS) is 12.6. The second kappa shape index (κ2) is 9.46. The summed E-state index contributed by atoms with van der Waals surface area (Å²) in [5, 5.41) is 8.83. The molecule has 1 N–H and O–H groups in total. The molecular formula is C24H24F3NO4. The van der Waals surface area contributed by atoms with Crippen LogP contribution in [0.1, 0.15) is 47.4 Å². The van der Waals surface area contributed by atoms with Gasteiger partial charge in [-0.1, -0.05) is 13.0 Å². The number of hydrogen-bond acceptors (Lipinski definition) is 4. The van der Waals surface area contributed by atoms with Crippen LogP contribution in [0, 0.1) is 13.8 Å². The van der Waals surface area contributed by atoms with Crippen molar-refractivity contribution in [3.05, 3.63) is 70.6 Å². The third-order valence-electron chi connectivity index (χ3n) is 5.18. The Morgan fingerprint density at radius 3 is 2.44 bits per heavy atom. The van der Waals surface area contributed by atoms with Gasteiger partial charge in [0.2, 0.25) is 5.89 Å². The highest BCUT2D eigenvalue weighted by atomic mass is 19.4. The van der Waals surface area contributed by atoms with E-state index in [1.54, 1.807) is 13.0 Å². The molecule has 0 aliphatic carbocycles. The summed E-state index contributed by atoms with van der Waals surface area (Å²) in [6, 6.07) is 10.2. The van der Waals surface area contributed by atoms with Crippen LogP contribution in [0.2, 0.25) is 0 Å². The summed E-state index contributed by atoms with van der Waals surface area (Å²) in [6.07, 6.45) is -3.86. The Labute approximate surface area is 183 Å². The van der Waals surface area contributed by atoms with Gasteiger partial charge >= 0.3 is 12.1 Å². The number of benzene rings is 2. The lowest BCUT2D eigenvalue weighted by atomic mass is 10.0. The van der Waals surface area contributed by atoms with E-state index in [4.69, 9.17) is 14.3 Å². The van der Waals surface area contributed by atoms with Crippen molar-refractivity contribution in [1.29, 1.82) is 0 Å². The van der Waals surface area contributed by atoms with E-state index in [-0.39, 0.29) is 18.2 Å². The number of halogens is 3. The Hall–Kier alpha value is -3.29. The van der Waals surface area contributed by atoms with Gasteiger partial charge in [-0.05, 0) is 67.8 Å². The maximum atomic E-state index is 12.8. The molecule has 0 aliphatic heterocycles. The fourth-order valence-corrected chi connectivity index (χ4v) is 3.37. The summed E-state index contributed by atoms with van der Waals surface area (Å²) in [5.74, 6) is 0.552. The van der Waals surface area contributed by atoms with Crippen molar-refractivity contribution in [3.63, 3.8) is 0 Å². The first-order chi connectivity index (χ1) is 15.0. The smallest absolute Gasteiger partial charge is 0.416 e. The number of carbonyl (C=O) groups is 1. The molecule has 0 bridgehead atoms. The Bertz CT molecular complexity index is 1090. The molecule has 0 aliphatic rings. The Morgan fingerprint density at radius 2 is 1.84 bits per heavy atom. The van der Waals surface area contributed by atoms with Crippen molar-refractivity contribution >= 4 is 5.97 Å². The highest BCUT2D eigenvalue weighted by Crippen LogP contribution is 2.32. The van der Waals surface area contributed by atoms with Crippen LogP contribution < -0.4 is 4.74 Å².